The van der Waals surface area contributed by atoms with Gasteiger partial charge in [-0.1, -0.05) is 54.6 Å². The number of alkyl halides is 3. The number of carbonyl (C=O) groups excluding carboxylic acids is 3. The van der Waals surface area contributed by atoms with Crippen molar-refractivity contribution in [2.45, 2.75) is 50.9 Å². The van der Waals surface area contributed by atoms with Crippen molar-refractivity contribution in [2.24, 2.45) is 11.3 Å². The van der Waals surface area contributed by atoms with E-state index in [4.69, 9.17) is 4.74 Å². The van der Waals surface area contributed by atoms with E-state index in [0.717, 1.165) is 39.8 Å². The molecule has 0 spiro atoms. The highest BCUT2D eigenvalue weighted by Gasteiger charge is 2.69. The van der Waals surface area contributed by atoms with Gasteiger partial charge in [-0.05, 0) is 77.1 Å². The quantitative estimate of drug-likeness (QED) is 0.362. The largest absolute Gasteiger partial charge is 0.465 e. The van der Waals surface area contributed by atoms with Crippen LogP contribution >= 0.6 is 0 Å². The van der Waals surface area contributed by atoms with Crippen molar-refractivity contribution in [3.63, 3.8) is 0 Å². The Balaban J connectivity index is 1.28. The number of amides is 2. The van der Waals surface area contributed by atoms with Gasteiger partial charge in [-0.15, -0.1) is 0 Å². The minimum atomic E-state index is -4.59. The lowest BCUT2D eigenvalue weighted by Gasteiger charge is -2.35. The number of hydrogen-bond donors (Lipinski definition) is 1. The molecule has 0 unspecified atom stereocenters. The standard InChI is InChI=1S/C33H31F3N2O4/c1-42-30(40)22-9-5-8-21(16-22)24-11-10-23(18-37-29(39)27-17-26(27)20-6-3-2-4-7-20)28-19-38(15-12-25(24)28)31(41)32(13-14-32)33(34,35)36/h2-11,16,26-27H,12-15,17-19H2,1H3,(H,37,39)/t26-,27-/m0/s1. The van der Waals surface area contributed by atoms with Gasteiger partial charge in [0, 0.05) is 25.6 Å². The number of hydrogen-bond acceptors (Lipinski definition) is 4. The third kappa shape index (κ3) is 5.05. The van der Waals surface area contributed by atoms with Crippen molar-refractivity contribution in [3.05, 3.63) is 94.5 Å². The average Bonchev–Trinajstić information content (AvgIpc) is 3.93. The number of rotatable bonds is 7. The second-order valence-electron chi connectivity index (χ2n) is 11.4. The lowest BCUT2D eigenvalue weighted by molar-refractivity contribution is -0.199. The molecule has 1 aliphatic heterocycles. The molecule has 6 nitrogen and oxygen atoms in total. The fourth-order valence-corrected chi connectivity index (χ4v) is 6.19. The number of ether oxygens (including phenoxy) is 1. The number of esters is 1. The van der Waals surface area contributed by atoms with Crippen LogP contribution in [-0.2, 0) is 33.8 Å². The maximum atomic E-state index is 13.8. The van der Waals surface area contributed by atoms with Gasteiger partial charge in [0.15, 0.2) is 0 Å². The van der Waals surface area contributed by atoms with E-state index in [1.807, 2.05) is 48.5 Å². The Kier molecular flexibility index (Phi) is 7.07. The van der Waals surface area contributed by atoms with E-state index < -0.39 is 23.5 Å². The lowest BCUT2D eigenvalue weighted by Crippen LogP contribution is -2.46. The van der Waals surface area contributed by atoms with Gasteiger partial charge in [0.25, 0.3) is 0 Å². The van der Waals surface area contributed by atoms with Gasteiger partial charge in [0.2, 0.25) is 11.8 Å². The highest BCUT2D eigenvalue weighted by Crippen LogP contribution is 2.59. The van der Waals surface area contributed by atoms with Crippen molar-refractivity contribution in [2.75, 3.05) is 13.7 Å². The molecular formula is C33H31F3N2O4. The molecule has 2 fully saturated rings. The van der Waals surface area contributed by atoms with Crippen LogP contribution < -0.4 is 5.32 Å². The summed E-state index contributed by atoms with van der Waals surface area (Å²) in [6, 6.07) is 20.6. The Bertz CT molecular complexity index is 1550. The SMILES string of the molecule is COC(=O)c1cccc(-c2ccc(CNC(=O)[C@H]3C[C@H]3c3ccccc3)c3c2CCN(C(=O)C2(C(F)(F)F)CC2)C3)c1. The molecule has 218 valence electrons. The molecule has 2 amide bonds. The summed E-state index contributed by atoms with van der Waals surface area (Å²) in [6.07, 6.45) is -3.84. The molecule has 0 bridgehead atoms. The van der Waals surface area contributed by atoms with Gasteiger partial charge in [-0.25, -0.2) is 4.79 Å². The smallest absolute Gasteiger partial charge is 0.403 e. The summed E-state index contributed by atoms with van der Waals surface area (Å²) in [5.41, 5.74) is 3.22. The molecule has 9 heteroatoms. The van der Waals surface area contributed by atoms with E-state index in [0.29, 0.717) is 12.0 Å². The zero-order chi connectivity index (χ0) is 29.6. The Labute approximate surface area is 241 Å². The van der Waals surface area contributed by atoms with E-state index >= 15 is 0 Å². The molecule has 3 aliphatic rings. The van der Waals surface area contributed by atoms with Gasteiger partial charge >= 0.3 is 12.1 Å². The van der Waals surface area contributed by atoms with Crippen LogP contribution in [0.3, 0.4) is 0 Å². The van der Waals surface area contributed by atoms with Gasteiger partial charge in [-0.2, -0.15) is 13.2 Å². The number of nitrogens with zero attached hydrogens (tertiary/aromatic N) is 1. The van der Waals surface area contributed by atoms with Crippen LogP contribution in [0.1, 0.15) is 57.8 Å². The first-order valence-corrected chi connectivity index (χ1v) is 14.1. The Morgan fingerprint density at radius 1 is 1.00 bits per heavy atom. The Morgan fingerprint density at radius 2 is 1.76 bits per heavy atom. The molecule has 1 heterocycles. The van der Waals surface area contributed by atoms with Crippen LogP contribution in [0.4, 0.5) is 13.2 Å². The third-order valence-corrected chi connectivity index (χ3v) is 8.90. The number of nitrogens with one attached hydrogen (secondary N) is 1. The molecule has 42 heavy (non-hydrogen) atoms. The fraction of sp³-hybridized carbons (Fsp3) is 0.364. The van der Waals surface area contributed by atoms with Crippen LogP contribution in [-0.4, -0.2) is 42.5 Å². The first-order valence-electron chi connectivity index (χ1n) is 14.1. The van der Waals surface area contributed by atoms with Crippen LogP contribution in [0.5, 0.6) is 0 Å². The predicted octanol–water partition coefficient (Wildman–Crippen LogP) is 5.79. The average molecular weight is 577 g/mol. The van der Waals surface area contributed by atoms with E-state index in [1.165, 1.54) is 12.0 Å². The van der Waals surface area contributed by atoms with Crippen LogP contribution in [0, 0.1) is 11.3 Å². The number of carbonyl (C=O) groups is 3. The van der Waals surface area contributed by atoms with Crippen molar-refractivity contribution < 1.29 is 32.3 Å². The molecule has 0 saturated heterocycles. The molecule has 3 aromatic rings. The van der Waals surface area contributed by atoms with Gasteiger partial charge in [0.1, 0.15) is 5.41 Å². The predicted molar refractivity (Wildman–Crippen MR) is 149 cm³/mol. The topological polar surface area (TPSA) is 75.7 Å². The Morgan fingerprint density at radius 3 is 2.45 bits per heavy atom. The second-order valence-corrected chi connectivity index (χ2v) is 11.4. The summed E-state index contributed by atoms with van der Waals surface area (Å²) in [4.78, 5) is 39.7. The van der Waals surface area contributed by atoms with E-state index in [9.17, 15) is 27.6 Å². The van der Waals surface area contributed by atoms with Crippen molar-refractivity contribution >= 4 is 17.8 Å². The van der Waals surface area contributed by atoms with Crippen molar-refractivity contribution in [3.8, 4) is 11.1 Å². The fourth-order valence-electron chi connectivity index (χ4n) is 6.19. The van der Waals surface area contributed by atoms with Crippen LogP contribution in [0.15, 0.2) is 66.7 Å². The van der Waals surface area contributed by atoms with Gasteiger partial charge in [0.05, 0.1) is 12.7 Å². The maximum Gasteiger partial charge on any atom is 0.403 e. The maximum absolute atomic E-state index is 13.8. The van der Waals surface area contributed by atoms with Crippen molar-refractivity contribution in [1.29, 1.82) is 0 Å². The van der Waals surface area contributed by atoms with Gasteiger partial charge < -0.3 is 15.0 Å². The molecule has 6 rings (SSSR count). The van der Waals surface area contributed by atoms with Gasteiger partial charge in [-0.3, -0.25) is 9.59 Å². The molecule has 2 aliphatic carbocycles. The molecule has 2 saturated carbocycles. The molecule has 0 radical (unpaired) electrons. The highest BCUT2D eigenvalue weighted by molar-refractivity contribution is 5.91. The summed E-state index contributed by atoms with van der Waals surface area (Å²) in [5, 5.41) is 3.03. The zero-order valence-corrected chi connectivity index (χ0v) is 23.2. The third-order valence-electron chi connectivity index (χ3n) is 8.90. The lowest BCUT2D eigenvalue weighted by atomic mass is 9.86. The van der Waals surface area contributed by atoms with E-state index in [-0.39, 0.29) is 50.2 Å². The molecule has 3 aromatic carbocycles. The van der Waals surface area contributed by atoms with E-state index in [2.05, 4.69) is 5.32 Å². The van der Waals surface area contributed by atoms with Crippen LogP contribution in [0.2, 0.25) is 0 Å². The highest BCUT2D eigenvalue weighted by atomic mass is 19.4. The summed E-state index contributed by atoms with van der Waals surface area (Å²) >= 11 is 0. The monoisotopic (exact) mass is 576 g/mol. The van der Waals surface area contributed by atoms with Crippen molar-refractivity contribution in [1.82, 2.24) is 10.2 Å². The minimum absolute atomic E-state index is 0.0256. The number of halogens is 3. The first-order chi connectivity index (χ1) is 20.1. The molecule has 0 aromatic heterocycles. The normalized spacial score (nSPS) is 20.3. The summed E-state index contributed by atoms with van der Waals surface area (Å²) in [6.45, 7) is 0.385. The minimum Gasteiger partial charge on any atom is -0.465 e. The molecular weight excluding hydrogens is 545 g/mol. The summed E-state index contributed by atoms with van der Waals surface area (Å²) in [5.74, 6) is -1.36. The molecule has 1 N–H and O–H groups in total. The van der Waals surface area contributed by atoms with Crippen LogP contribution in [0.25, 0.3) is 11.1 Å². The number of fused-ring (bicyclic) bond motifs is 1. The number of methoxy groups -OCH3 is 1. The summed E-state index contributed by atoms with van der Waals surface area (Å²) < 4.78 is 46.3. The first kappa shape index (κ1) is 28.0. The number of benzene rings is 3. The molecule has 2 atom stereocenters. The Hall–Kier alpha value is -4.14. The zero-order valence-electron chi connectivity index (χ0n) is 23.2. The van der Waals surface area contributed by atoms with E-state index in [1.54, 1.807) is 18.2 Å². The summed E-state index contributed by atoms with van der Waals surface area (Å²) in [7, 11) is 1.31. The second kappa shape index (κ2) is 10.6.